The Bertz CT molecular complexity index is 608. The molecule has 0 unspecified atom stereocenters. The van der Waals surface area contributed by atoms with Crippen molar-refractivity contribution in [2.75, 3.05) is 0 Å². The molecule has 0 amide bonds. The third-order valence-corrected chi connectivity index (χ3v) is 2.74. The van der Waals surface area contributed by atoms with Crippen LogP contribution in [-0.2, 0) is 11.2 Å². The average molecular weight is 216 g/mol. The average Bonchev–Trinajstić information content (AvgIpc) is 2.22. The number of hydrogen-bond donors (Lipinski definition) is 0. The monoisotopic (exact) mass is 216 g/mol. The van der Waals surface area contributed by atoms with Gasteiger partial charge in [-0.25, -0.2) is 4.79 Å². The number of fused-ring (bicyclic) bond motifs is 1. The summed E-state index contributed by atoms with van der Waals surface area (Å²) in [6, 6.07) is 5.09. The molecule has 0 aliphatic carbocycles. The van der Waals surface area contributed by atoms with Gasteiger partial charge in [-0.15, -0.1) is 0 Å². The van der Waals surface area contributed by atoms with E-state index in [1.54, 1.807) is 6.07 Å². The van der Waals surface area contributed by atoms with Crippen molar-refractivity contribution in [2.24, 2.45) is 0 Å². The van der Waals surface area contributed by atoms with Crippen LogP contribution in [0, 0.1) is 13.8 Å². The summed E-state index contributed by atoms with van der Waals surface area (Å²) in [7, 11) is 0. The van der Waals surface area contributed by atoms with E-state index in [1.807, 2.05) is 19.9 Å². The van der Waals surface area contributed by atoms with Gasteiger partial charge in [-0.1, -0.05) is 6.07 Å². The third kappa shape index (κ3) is 1.65. The summed E-state index contributed by atoms with van der Waals surface area (Å²) in [6.45, 7) is 3.80. The highest BCUT2D eigenvalue weighted by Crippen LogP contribution is 2.24. The molecular formula is C13H12O3. The van der Waals surface area contributed by atoms with Crippen molar-refractivity contribution >= 4 is 17.3 Å². The van der Waals surface area contributed by atoms with E-state index in [2.05, 4.69) is 0 Å². The zero-order valence-electron chi connectivity index (χ0n) is 9.24. The van der Waals surface area contributed by atoms with E-state index >= 15 is 0 Å². The van der Waals surface area contributed by atoms with E-state index in [0.717, 1.165) is 28.4 Å². The molecule has 0 N–H and O–H groups in total. The second-order valence-corrected chi connectivity index (χ2v) is 3.85. The maximum Gasteiger partial charge on any atom is 0.336 e. The van der Waals surface area contributed by atoms with Gasteiger partial charge in [0, 0.05) is 17.9 Å². The molecule has 1 heterocycles. The largest absolute Gasteiger partial charge is 0.423 e. The normalized spacial score (nSPS) is 10.6. The number of hydrogen-bond acceptors (Lipinski definition) is 3. The summed E-state index contributed by atoms with van der Waals surface area (Å²) in [5.41, 5.74) is 3.02. The van der Waals surface area contributed by atoms with Gasteiger partial charge in [0.1, 0.15) is 11.9 Å². The topological polar surface area (TPSA) is 47.3 Å². The van der Waals surface area contributed by atoms with E-state index in [9.17, 15) is 9.59 Å². The number of rotatable bonds is 2. The minimum atomic E-state index is -0.356. The number of benzene rings is 1. The molecule has 0 bridgehead atoms. The quantitative estimate of drug-likeness (QED) is 0.570. The Balaban J connectivity index is 2.91. The molecule has 3 nitrogen and oxygen atoms in total. The van der Waals surface area contributed by atoms with Gasteiger partial charge in [0.25, 0.3) is 0 Å². The second-order valence-electron chi connectivity index (χ2n) is 3.85. The maximum absolute atomic E-state index is 11.2. The highest BCUT2D eigenvalue weighted by molar-refractivity contribution is 5.86. The molecule has 2 aromatic rings. The zero-order valence-corrected chi connectivity index (χ0v) is 9.24. The molecule has 16 heavy (non-hydrogen) atoms. The van der Waals surface area contributed by atoms with Crippen LogP contribution < -0.4 is 5.63 Å². The summed E-state index contributed by atoms with van der Waals surface area (Å²) in [5.74, 6) is 0. The molecule has 82 valence electrons. The SMILES string of the molecule is Cc1ccc2oc(=O)cc(C)c2c1CC=O. The predicted octanol–water partition coefficient (Wildman–Crippen LogP) is 2.15. The first kappa shape index (κ1) is 10.6. The molecule has 0 aliphatic heterocycles. The van der Waals surface area contributed by atoms with E-state index in [4.69, 9.17) is 4.42 Å². The Labute approximate surface area is 92.7 Å². The van der Waals surface area contributed by atoms with Gasteiger partial charge in [-0.2, -0.15) is 0 Å². The predicted molar refractivity (Wildman–Crippen MR) is 61.7 cm³/mol. The number of carbonyl (C=O) groups is 1. The minimum Gasteiger partial charge on any atom is -0.423 e. The van der Waals surface area contributed by atoms with Gasteiger partial charge in [0.05, 0.1) is 0 Å². The van der Waals surface area contributed by atoms with E-state index in [0.29, 0.717) is 12.0 Å². The summed E-state index contributed by atoms with van der Waals surface area (Å²) >= 11 is 0. The highest BCUT2D eigenvalue weighted by Gasteiger charge is 2.09. The van der Waals surface area contributed by atoms with E-state index in [-0.39, 0.29) is 5.63 Å². The molecule has 0 saturated carbocycles. The second kappa shape index (κ2) is 3.93. The fourth-order valence-corrected chi connectivity index (χ4v) is 1.98. The van der Waals surface area contributed by atoms with Crippen molar-refractivity contribution < 1.29 is 9.21 Å². The summed E-state index contributed by atoms with van der Waals surface area (Å²) in [6.07, 6.45) is 1.21. The molecular weight excluding hydrogens is 204 g/mol. The van der Waals surface area contributed by atoms with E-state index < -0.39 is 0 Å². The van der Waals surface area contributed by atoms with E-state index in [1.165, 1.54) is 6.07 Å². The molecule has 1 aromatic heterocycles. The molecule has 0 radical (unpaired) electrons. The van der Waals surface area contributed by atoms with Crippen molar-refractivity contribution in [2.45, 2.75) is 20.3 Å². The lowest BCUT2D eigenvalue weighted by molar-refractivity contribution is -0.107. The lowest BCUT2D eigenvalue weighted by atomic mass is 9.98. The number of carbonyl (C=O) groups excluding carboxylic acids is 1. The summed E-state index contributed by atoms with van der Waals surface area (Å²) < 4.78 is 5.11. The zero-order chi connectivity index (χ0) is 11.7. The minimum absolute atomic E-state index is 0.345. The van der Waals surface area contributed by atoms with Crippen LogP contribution in [0.4, 0.5) is 0 Å². The lowest BCUT2D eigenvalue weighted by Crippen LogP contribution is -2.01. The molecule has 0 aliphatic rings. The third-order valence-electron chi connectivity index (χ3n) is 2.74. The standard InChI is InChI=1S/C13H12O3/c1-8-3-4-11-13(10(8)5-6-14)9(2)7-12(15)16-11/h3-4,6-7H,5H2,1-2H3. The fraction of sp³-hybridized carbons (Fsp3) is 0.231. The van der Waals surface area contributed by atoms with Gasteiger partial charge in [0.15, 0.2) is 0 Å². The van der Waals surface area contributed by atoms with Crippen LogP contribution in [0.5, 0.6) is 0 Å². The van der Waals surface area contributed by atoms with Crippen molar-refractivity contribution in [1.82, 2.24) is 0 Å². The number of aryl methyl sites for hydroxylation is 2. The van der Waals surface area contributed by atoms with Crippen LogP contribution in [0.15, 0.2) is 27.4 Å². The van der Waals surface area contributed by atoms with Gasteiger partial charge >= 0.3 is 5.63 Å². The maximum atomic E-state index is 11.2. The Morgan fingerprint density at radius 2 is 2.00 bits per heavy atom. The molecule has 0 saturated heterocycles. The highest BCUT2D eigenvalue weighted by atomic mass is 16.4. The van der Waals surface area contributed by atoms with Crippen molar-refractivity contribution in [1.29, 1.82) is 0 Å². The molecule has 3 heteroatoms. The smallest absolute Gasteiger partial charge is 0.336 e. The Kier molecular flexibility index (Phi) is 2.60. The van der Waals surface area contributed by atoms with Gasteiger partial charge in [0.2, 0.25) is 0 Å². The number of aldehydes is 1. The summed E-state index contributed by atoms with van der Waals surface area (Å²) in [4.78, 5) is 21.9. The first-order chi connectivity index (χ1) is 7.63. The molecule has 2 rings (SSSR count). The first-order valence-electron chi connectivity index (χ1n) is 5.10. The molecule has 1 aromatic carbocycles. The summed E-state index contributed by atoms with van der Waals surface area (Å²) in [5, 5.41) is 0.881. The Morgan fingerprint density at radius 3 is 2.69 bits per heavy atom. The Morgan fingerprint density at radius 1 is 1.25 bits per heavy atom. The van der Waals surface area contributed by atoms with Crippen LogP contribution in [0.1, 0.15) is 16.7 Å². The van der Waals surface area contributed by atoms with Crippen molar-refractivity contribution in [3.05, 3.63) is 45.3 Å². The van der Waals surface area contributed by atoms with Crippen LogP contribution in [-0.4, -0.2) is 6.29 Å². The van der Waals surface area contributed by atoms with Crippen LogP contribution in [0.25, 0.3) is 11.0 Å². The van der Waals surface area contributed by atoms with Crippen molar-refractivity contribution in [3.63, 3.8) is 0 Å². The van der Waals surface area contributed by atoms with Gasteiger partial charge in [-0.05, 0) is 36.6 Å². The molecule has 0 spiro atoms. The molecule has 0 atom stereocenters. The first-order valence-corrected chi connectivity index (χ1v) is 5.10. The van der Waals surface area contributed by atoms with Gasteiger partial charge in [-0.3, -0.25) is 0 Å². The van der Waals surface area contributed by atoms with Crippen LogP contribution >= 0.6 is 0 Å². The lowest BCUT2D eigenvalue weighted by Gasteiger charge is -2.08. The molecule has 0 fully saturated rings. The fourth-order valence-electron chi connectivity index (χ4n) is 1.98. The van der Waals surface area contributed by atoms with Crippen LogP contribution in [0.2, 0.25) is 0 Å². The van der Waals surface area contributed by atoms with Gasteiger partial charge < -0.3 is 9.21 Å². The Hall–Kier alpha value is -1.90. The van der Waals surface area contributed by atoms with Crippen LogP contribution in [0.3, 0.4) is 0 Å². The van der Waals surface area contributed by atoms with Crippen molar-refractivity contribution in [3.8, 4) is 0 Å².